The molecule has 0 aliphatic carbocycles. The van der Waals surface area contributed by atoms with Crippen LogP contribution < -0.4 is 5.32 Å². The zero-order chi connectivity index (χ0) is 18.2. The second-order valence-electron chi connectivity index (χ2n) is 5.47. The molecule has 2 rings (SSSR count). The first-order valence-corrected chi connectivity index (χ1v) is 7.75. The molecule has 0 heterocycles. The van der Waals surface area contributed by atoms with Gasteiger partial charge in [-0.3, -0.25) is 14.4 Å². The molecule has 2 aromatic rings. The van der Waals surface area contributed by atoms with Gasteiger partial charge in [-0.25, -0.2) is 4.39 Å². The van der Waals surface area contributed by atoms with E-state index in [9.17, 15) is 18.8 Å². The van der Waals surface area contributed by atoms with E-state index in [2.05, 4.69) is 5.32 Å². The van der Waals surface area contributed by atoms with Crippen molar-refractivity contribution < 1.29 is 23.5 Å². The molecule has 0 spiro atoms. The Balaban J connectivity index is 1.75. The van der Waals surface area contributed by atoms with Crippen LogP contribution in [-0.4, -0.2) is 24.3 Å². The van der Waals surface area contributed by atoms with E-state index in [1.54, 1.807) is 36.4 Å². The predicted molar refractivity (Wildman–Crippen MR) is 90.8 cm³/mol. The summed E-state index contributed by atoms with van der Waals surface area (Å²) in [5.74, 6) is -1.45. The topological polar surface area (TPSA) is 72.5 Å². The number of ether oxygens (including phenoxy) is 1. The molecule has 25 heavy (non-hydrogen) atoms. The average molecular weight is 343 g/mol. The molecule has 0 saturated carbocycles. The number of benzene rings is 2. The number of ketones is 1. The molecule has 6 heteroatoms. The van der Waals surface area contributed by atoms with Gasteiger partial charge in [0.1, 0.15) is 5.82 Å². The summed E-state index contributed by atoms with van der Waals surface area (Å²) in [6.07, 6.45) is 0.500. The SMILES string of the molecule is CC(=O)c1cccc(NC(=O)COC(=O)CCc2ccc(F)cc2)c1. The second-order valence-corrected chi connectivity index (χ2v) is 5.47. The number of rotatable bonds is 7. The molecular formula is C19H18FNO4. The number of Topliss-reactive ketones (excluding diaryl/α,β-unsaturated/α-hetero) is 1. The number of amides is 1. The summed E-state index contributed by atoms with van der Waals surface area (Å²) in [5.41, 5.74) is 1.75. The van der Waals surface area contributed by atoms with Gasteiger partial charge in [0, 0.05) is 17.7 Å². The summed E-state index contributed by atoms with van der Waals surface area (Å²) in [6, 6.07) is 12.3. The van der Waals surface area contributed by atoms with Crippen molar-refractivity contribution in [2.75, 3.05) is 11.9 Å². The molecule has 0 aromatic heterocycles. The first-order chi connectivity index (χ1) is 11.9. The molecule has 0 saturated heterocycles. The van der Waals surface area contributed by atoms with E-state index in [-0.39, 0.29) is 18.0 Å². The fourth-order valence-corrected chi connectivity index (χ4v) is 2.13. The molecule has 0 aliphatic heterocycles. The van der Waals surface area contributed by atoms with Crippen molar-refractivity contribution in [3.63, 3.8) is 0 Å². The Kier molecular flexibility index (Phi) is 6.39. The van der Waals surface area contributed by atoms with E-state index < -0.39 is 18.5 Å². The van der Waals surface area contributed by atoms with Crippen LogP contribution in [0, 0.1) is 5.82 Å². The maximum absolute atomic E-state index is 12.8. The van der Waals surface area contributed by atoms with E-state index in [0.717, 1.165) is 5.56 Å². The van der Waals surface area contributed by atoms with Crippen LogP contribution in [0.25, 0.3) is 0 Å². The third-order valence-electron chi connectivity index (χ3n) is 3.45. The van der Waals surface area contributed by atoms with Crippen molar-refractivity contribution >= 4 is 23.3 Å². The predicted octanol–water partition coefficient (Wildman–Crippen LogP) is 3.14. The molecule has 0 bridgehead atoms. The molecule has 130 valence electrons. The third-order valence-corrected chi connectivity index (χ3v) is 3.45. The molecule has 0 atom stereocenters. The van der Waals surface area contributed by atoms with E-state index >= 15 is 0 Å². The highest BCUT2D eigenvalue weighted by Crippen LogP contribution is 2.11. The summed E-state index contributed by atoms with van der Waals surface area (Å²) >= 11 is 0. The Labute approximate surface area is 144 Å². The van der Waals surface area contributed by atoms with Crippen LogP contribution >= 0.6 is 0 Å². The molecule has 5 nitrogen and oxygen atoms in total. The van der Waals surface area contributed by atoms with Crippen LogP contribution in [0.4, 0.5) is 10.1 Å². The number of nitrogens with one attached hydrogen (secondary N) is 1. The number of halogens is 1. The molecular weight excluding hydrogens is 325 g/mol. The normalized spacial score (nSPS) is 10.2. The Hall–Kier alpha value is -3.02. The lowest BCUT2D eigenvalue weighted by atomic mass is 10.1. The molecule has 1 amide bonds. The van der Waals surface area contributed by atoms with Crippen LogP contribution in [0.1, 0.15) is 29.3 Å². The van der Waals surface area contributed by atoms with Crippen molar-refractivity contribution in [2.45, 2.75) is 19.8 Å². The first kappa shape index (κ1) is 18.3. The van der Waals surface area contributed by atoms with Crippen LogP contribution in [0.15, 0.2) is 48.5 Å². The molecule has 0 radical (unpaired) electrons. The first-order valence-electron chi connectivity index (χ1n) is 7.75. The van der Waals surface area contributed by atoms with Crippen molar-refractivity contribution in [3.05, 3.63) is 65.5 Å². The highest BCUT2D eigenvalue weighted by molar-refractivity contribution is 5.97. The van der Waals surface area contributed by atoms with Gasteiger partial charge in [-0.05, 0) is 43.2 Å². The van der Waals surface area contributed by atoms with Gasteiger partial charge < -0.3 is 10.1 Å². The number of carbonyl (C=O) groups is 3. The average Bonchev–Trinajstić information content (AvgIpc) is 2.59. The van der Waals surface area contributed by atoms with Crippen molar-refractivity contribution in [1.29, 1.82) is 0 Å². The lowest BCUT2D eigenvalue weighted by Gasteiger charge is -2.07. The van der Waals surface area contributed by atoms with Crippen LogP contribution in [0.2, 0.25) is 0 Å². The lowest BCUT2D eigenvalue weighted by molar-refractivity contribution is -0.147. The van der Waals surface area contributed by atoms with E-state index in [0.29, 0.717) is 17.7 Å². The molecule has 1 N–H and O–H groups in total. The Morgan fingerprint density at radius 3 is 2.48 bits per heavy atom. The summed E-state index contributed by atoms with van der Waals surface area (Å²) in [6.45, 7) is 1.02. The molecule has 2 aromatic carbocycles. The Morgan fingerprint density at radius 2 is 1.80 bits per heavy atom. The Morgan fingerprint density at radius 1 is 1.08 bits per heavy atom. The van der Waals surface area contributed by atoms with Crippen molar-refractivity contribution in [1.82, 2.24) is 0 Å². The smallest absolute Gasteiger partial charge is 0.306 e. The quantitative estimate of drug-likeness (QED) is 0.619. The van der Waals surface area contributed by atoms with Crippen LogP contribution in [-0.2, 0) is 20.7 Å². The van der Waals surface area contributed by atoms with Crippen molar-refractivity contribution in [3.8, 4) is 0 Å². The van der Waals surface area contributed by atoms with Gasteiger partial charge in [0.05, 0.1) is 0 Å². The highest BCUT2D eigenvalue weighted by Gasteiger charge is 2.09. The molecule has 0 fully saturated rings. The van der Waals surface area contributed by atoms with Crippen molar-refractivity contribution in [2.24, 2.45) is 0 Å². The van der Waals surface area contributed by atoms with E-state index in [1.807, 2.05) is 0 Å². The zero-order valence-corrected chi connectivity index (χ0v) is 13.8. The number of carbonyl (C=O) groups excluding carboxylic acids is 3. The lowest BCUT2D eigenvalue weighted by Crippen LogP contribution is -2.21. The minimum atomic E-state index is -0.517. The maximum Gasteiger partial charge on any atom is 0.306 e. The number of hydrogen-bond donors (Lipinski definition) is 1. The van der Waals surface area contributed by atoms with Crippen LogP contribution in [0.3, 0.4) is 0 Å². The highest BCUT2D eigenvalue weighted by atomic mass is 19.1. The fraction of sp³-hybridized carbons (Fsp3) is 0.211. The summed E-state index contributed by atoms with van der Waals surface area (Å²) < 4.78 is 17.7. The van der Waals surface area contributed by atoms with E-state index in [1.165, 1.54) is 19.1 Å². The number of esters is 1. The number of hydrogen-bond acceptors (Lipinski definition) is 4. The zero-order valence-electron chi connectivity index (χ0n) is 13.8. The summed E-state index contributed by atoms with van der Waals surface area (Å²) in [7, 11) is 0. The largest absolute Gasteiger partial charge is 0.456 e. The van der Waals surface area contributed by atoms with Gasteiger partial charge in [0.15, 0.2) is 12.4 Å². The summed E-state index contributed by atoms with van der Waals surface area (Å²) in [5, 5.41) is 2.56. The van der Waals surface area contributed by atoms with Gasteiger partial charge in [-0.15, -0.1) is 0 Å². The van der Waals surface area contributed by atoms with Gasteiger partial charge in [-0.2, -0.15) is 0 Å². The van der Waals surface area contributed by atoms with Gasteiger partial charge in [-0.1, -0.05) is 24.3 Å². The van der Waals surface area contributed by atoms with Gasteiger partial charge in [0.2, 0.25) is 0 Å². The standard InChI is InChI=1S/C19H18FNO4/c1-13(22)15-3-2-4-17(11-15)21-18(23)12-25-19(24)10-7-14-5-8-16(20)9-6-14/h2-6,8-9,11H,7,10,12H2,1H3,(H,21,23). The number of anilines is 1. The van der Waals surface area contributed by atoms with E-state index in [4.69, 9.17) is 4.74 Å². The number of aryl methyl sites for hydroxylation is 1. The maximum atomic E-state index is 12.8. The Bertz CT molecular complexity index is 771. The van der Waals surface area contributed by atoms with Crippen LogP contribution in [0.5, 0.6) is 0 Å². The minimum Gasteiger partial charge on any atom is -0.456 e. The molecule has 0 aliphatic rings. The third kappa shape index (κ3) is 6.18. The van der Waals surface area contributed by atoms with Gasteiger partial charge in [0.25, 0.3) is 5.91 Å². The van der Waals surface area contributed by atoms with Gasteiger partial charge >= 0.3 is 5.97 Å². The molecule has 0 unspecified atom stereocenters. The summed E-state index contributed by atoms with van der Waals surface area (Å²) in [4.78, 5) is 34.8. The monoisotopic (exact) mass is 343 g/mol. The minimum absolute atomic E-state index is 0.0960. The fourth-order valence-electron chi connectivity index (χ4n) is 2.13. The second kappa shape index (κ2) is 8.73.